The van der Waals surface area contributed by atoms with Gasteiger partial charge in [0.15, 0.2) is 0 Å². The van der Waals surface area contributed by atoms with Crippen molar-refractivity contribution in [2.75, 3.05) is 11.9 Å². The van der Waals surface area contributed by atoms with Crippen LogP contribution in [0.5, 0.6) is 0 Å². The summed E-state index contributed by atoms with van der Waals surface area (Å²) in [6.07, 6.45) is 1.50. The lowest BCUT2D eigenvalue weighted by Gasteiger charge is -2.15. The molecule has 0 saturated heterocycles. The van der Waals surface area contributed by atoms with E-state index in [1.807, 2.05) is 26.0 Å². The monoisotopic (exact) mass is 253 g/mol. The third kappa shape index (κ3) is 2.31. The van der Waals surface area contributed by atoms with E-state index < -0.39 is 5.41 Å². The molecule has 1 amide bonds. The van der Waals surface area contributed by atoms with E-state index in [-0.39, 0.29) is 12.5 Å². The summed E-state index contributed by atoms with van der Waals surface area (Å²) in [5.41, 5.74) is 2.09. The van der Waals surface area contributed by atoms with Crippen LogP contribution < -0.4 is 5.32 Å². The molecule has 17 heavy (non-hydrogen) atoms. The first-order valence-electron chi connectivity index (χ1n) is 5.67. The Bertz CT molecular complexity index is 443. The number of nitrogens with one attached hydrogen (secondary N) is 1. The molecule has 0 atom stereocenters. The predicted octanol–water partition coefficient (Wildman–Crippen LogP) is 2.67. The Balaban J connectivity index is 2.22. The first-order chi connectivity index (χ1) is 7.98. The van der Waals surface area contributed by atoms with Crippen molar-refractivity contribution in [1.82, 2.24) is 0 Å². The van der Waals surface area contributed by atoms with Crippen molar-refractivity contribution in [1.29, 1.82) is 0 Å². The molecule has 0 spiro atoms. The Hall–Kier alpha value is -1.06. The van der Waals surface area contributed by atoms with Gasteiger partial charge in [0.1, 0.15) is 0 Å². The average Bonchev–Trinajstić information content (AvgIpc) is 3.03. The van der Waals surface area contributed by atoms with Gasteiger partial charge in [0, 0.05) is 0 Å². The zero-order chi connectivity index (χ0) is 12.6. The van der Waals surface area contributed by atoms with Crippen LogP contribution in [-0.2, 0) is 4.79 Å². The first-order valence-corrected chi connectivity index (χ1v) is 6.05. The Morgan fingerprint density at radius 3 is 2.59 bits per heavy atom. The van der Waals surface area contributed by atoms with E-state index in [4.69, 9.17) is 11.6 Å². The number of carbonyl (C=O) groups is 1. The summed E-state index contributed by atoms with van der Waals surface area (Å²) in [6, 6.07) is 3.79. The summed E-state index contributed by atoms with van der Waals surface area (Å²) >= 11 is 6.12. The van der Waals surface area contributed by atoms with Crippen molar-refractivity contribution in [3.63, 3.8) is 0 Å². The molecule has 92 valence electrons. The second-order valence-electron chi connectivity index (χ2n) is 4.83. The minimum atomic E-state index is -0.569. The second-order valence-corrected chi connectivity index (χ2v) is 5.24. The van der Waals surface area contributed by atoms with E-state index in [9.17, 15) is 9.90 Å². The molecule has 2 rings (SSSR count). The van der Waals surface area contributed by atoms with Crippen molar-refractivity contribution in [3.8, 4) is 0 Å². The zero-order valence-corrected chi connectivity index (χ0v) is 10.8. The molecular weight excluding hydrogens is 238 g/mol. The summed E-state index contributed by atoms with van der Waals surface area (Å²) in [7, 11) is 0. The predicted molar refractivity (Wildman–Crippen MR) is 68.3 cm³/mol. The number of aliphatic hydroxyl groups is 1. The molecule has 0 bridgehead atoms. The summed E-state index contributed by atoms with van der Waals surface area (Å²) < 4.78 is 0. The Morgan fingerprint density at radius 2 is 2.12 bits per heavy atom. The number of aryl methyl sites for hydroxylation is 2. The Morgan fingerprint density at radius 1 is 1.47 bits per heavy atom. The van der Waals surface area contributed by atoms with Crippen LogP contribution in [0.1, 0.15) is 24.0 Å². The molecule has 1 fully saturated rings. The van der Waals surface area contributed by atoms with Crippen LogP contribution in [0, 0.1) is 19.3 Å². The van der Waals surface area contributed by atoms with E-state index in [1.165, 1.54) is 0 Å². The van der Waals surface area contributed by atoms with E-state index >= 15 is 0 Å². The Kier molecular flexibility index (Phi) is 3.15. The second kappa shape index (κ2) is 4.31. The van der Waals surface area contributed by atoms with Crippen LogP contribution in [0.25, 0.3) is 0 Å². The van der Waals surface area contributed by atoms with Crippen LogP contribution in [0.4, 0.5) is 5.69 Å². The van der Waals surface area contributed by atoms with Gasteiger partial charge in [0.2, 0.25) is 5.91 Å². The third-order valence-electron chi connectivity index (χ3n) is 3.31. The number of hydrogen-bond acceptors (Lipinski definition) is 2. The number of rotatable bonds is 3. The van der Waals surface area contributed by atoms with Gasteiger partial charge in [0.05, 0.1) is 22.7 Å². The third-order valence-corrected chi connectivity index (χ3v) is 3.61. The first kappa shape index (κ1) is 12.4. The molecule has 0 radical (unpaired) electrons. The van der Waals surface area contributed by atoms with Gasteiger partial charge in [-0.2, -0.15) is 0 Å². The SMILES string of the molecule is Cc1cc(C)c(NC(=O)C2(CO)CC2)c(Cl)c1. The molecule has 1 aromatic rings. The minimum Gasteiger partial charge on any atom is -0.395 e. The highest BCUT2D eigenvalue weighted by molar-refractivity contribution is 6.34. The Labute approximate surface area is 106 Å². The number of carbonyl (C=O) groups excluding carboxylic acids is 1. The molecule has 1 aliphatic carbocycles. The summed E-state index contributed by atoms with van der Waals surface area (Å²) in [4.78, 5) is 12.0. The molecule has 1 aliphatic rings. The van der Waals surface area contributed by atoms with Gasteiger partial charge < -0.3 is 10.4 Å². The summed E-state index contributed by atoms with van der Waals surface area (Å²) in [6.45, 7) is 3.77. The largest absolute Gasteiger partial charge is 0.395 e. The molecule has 1 aromatic carbocycles. The molecule has 2 N–H and O–H groups in total. The van der Waals surface area contributed by atoms with E-state index in [0.717, 1.165) is 24.0 Å². The lowest BCUT2D eigenvalue weighted by molar-refractivity contribution is -0.122. The molecular formula is C13H16ClNO2. The number of benzene rings is 1. The van der Waals surface area contributed by atoms with Gasteiger partial charge in [-0.25, -0.2) is 0 Å². The number of anilines is 1. The molecule has 4 heteroatoms. The number of aliphatic hydroxyl groups excluding tert-OH is 1. The maximum absolute atomic E-state index is 12.0. The molecule has 0 aromatic heterocycles. The standard InChI is InChI=1S/C13H16ClNO2/c1-8-5-9(2)11(10(14)6-8)15-12(17)13(7-16)3-4-13/h5-6,16H,3-4,7H2,1-2H3,(H,15,17). The molecule has 1 saturated carbocycles. The molecule has 3 nitrogen and oxygen atoms in total. The maximum atomic E-state index is 12.0. The summed E-state index contributed by atoms with van der Waals surface area (Å²) in [5, 5.41) is 12.6. The highest BCUT2D eigenvalue weighted by atomic mass is 35.5. The van der Waals surface area contributed by atoms with Crippen molar-refractivity contribution in [3.05, 3.63) is 28.3 Å². The quantitative estimate of drug-likeness (QED) is 0.870. The van der Waals surface area contributed by atoms with Crippen molar-refractivity contribution in [2.45, 2.75) is 26.7 Å². The van der Waals surface area contributed by atoms with Gasteiger partial charge in [0.25, 0.3) is 0 Å². The lowest BCUT2D eigenvalue weighted by Crippen LogP contribution is -2.27. The van der Waals surface area contributed by atoms with E-state index in [0.29, 0.717) is 10.7 Å². The van der Waals surface area contributed by atoms with Crippen molar-refractivity contribution >= 4 is 23.2 Å². The fourth-order valence-electron chi connectivity index (χ4n) is 1.93. The molecule has 0 heterocycles. The fourth-order valence-corrected chi connectivity index (χ4v) is 2.30. The van der Waals surface area contributed by atoms with Crippen LogP contribution in [0.15, 0.2) is 12.1 Å². The summed E-state index contributed by atoms with van der Waals surface area (Å²) in [5.74, 6) is -0.131. The smallest absolute Gasteiger partial charge is 0.232 e. The normalized spacial score (nSPS) is 16.7. The van der Waals surface area contributed by atoms with Gasteiger partial charge in [-0.05, 0) is 43.9 Å². The highest BCUT2D eigenvalue weighted by Crippen LogP contribution is 2.46. The van der Waals surface area contributed by atoms with Crippen LogP contribution >= 0.6 is 11.6 Å². The van der Waals surface area contributed by atoms with Crippen LogP contribution in [0.3, 0.4) is 0 Å². The van der Waals surface area contributed by atoms with Gasteiger partial charge in [-0.3, -0.25) is 4.79 Å². The van der Waals surface area contributed by atoms with E-state index in [1.54, 1.807) is 0 Å². The number of halogens is 1. The van der Waals surface area contributed by atoms with E-state index in [2.05, 4.69) is 5.32 Å². The van der Waals surface area contributed by atoms with Crippen LogP contribution in [0.2, 0.25) is 5.02 Å². The number of hydrogen-bond donors (Lipinski definition) is 2. The van der Waals surface area contributed by atoms with Crippen molar-refractivity contribution < 1.29 is 9.90 Å². The average molecular weight is 254 g/mol. The van der Waals surface area contributed by atoms with Crippen LogP contribution in [-0.4, -0.2) is 17.6 Å². The van der Waals surface area contributed by atoms with Gasteiger partial charge in [-0.15, -0.1) is 0 Å². The fraction of sp³-hybridized carbons (Fsp3) is 0.462. The molecule has 0 aliphatic heterocycles. The van der Waals surface area contributed by atoms with Crippen molar-refractivity contribution in [2.24, 2.45) is 5.41 Å². The maximum Gasteiger partial charge on any atom is 0.232 e. The number of amides is 1. The van der Waals surface area contributed by atoms with Gasteiger partial charge in [-0.1, -0.05) is 17.7 Å². The topological polar surface area (TPSA) is 49.3 Å². The minimum absolute atomic E-state index is 0.0959. The molecule has 0 unspecified atom stereocenters. The zero-order valence-electron chi connectivity index (χ0n) is 10.0. The highest BCUT2D eigenvalue weighted by Gasteiger charge is 2.49. The van der Waals surface area contributed by atoms with Gasteiger partial charge >= 0.3 is 0 Å². The lowest BCUT2D eigenvalue weighted by atomic mass is 10.1.